The van der Waals surface area contributed by atoms with Crippen LogP contribution in [0.5, 0.6) is 5.75 Å². The van der Waals surface area contributed by atoms with E-state index in [1.54, 1.807) is 13.8 Å². The van der Waals surface area contributed by atoms with Gasteiger partial charge >= 0.3 is 5.97 Å². The Balaban J connectivity index is 1.95. The number of ether oxygens (including phenoxy) is 2. The molecule has 1 aliphatic rings. The van der Waals surface area contributed by atoms with Gasteiger partial charge in [-0.1, -0.05) is 26.0 Å². The molecule has 0 bridgehead atoms. The molecule has 2 rings (SSSR count). The van der Waals surface area contributed by atoms with Crippen molar-refractivity contribution in [2.45, 2.75) is 52.7 Å². The molecule has 1 aromatic rings. The standard InChI is InChI=1S/C19H27NO5/c1-13-4-5-14(16(8-13)25-15-6-7-24-12-15)11-20-17(21)9-19(2,3)10-18(22)23/h4-5,8,15H,6-7,9-12H2,1-3H3,(H,20,21)(H,22,23)/t15-/m1/s1. The highest BCUT2D eigenvalue weighted by Crippen LogP contribution is 2.26. The molecule has 1 aliphatic heterocycles. The normalized spacial score (nSPS) is 17.3. The van der Waals surface area contributed by atoms with Gasteiger partial charge in [-0.05, 0) is 24.0 Å². The molecule has 25 heavy (non-hydrogen) atoms. The number of carboxylic acids is 1. The number of benzene rings is 1. The smallest absolute Gasteiger partial charge is 0.303 e. The minimum Gasteiger partial charge on any atom is -0.488 e. The quantitative estimate of drug-likeness (QED) is 0.754. The van der Waals surface area contributed by atoms with Crippen LogP contribution in [0.15, 0.2) is 18.2 Å². The van der Waals surface area contributed by atoms with Crippen molar-refractivity contribution in [3.8, 4) is 5.75 Å². The summed E-state index contributed by atoms with van der Waals surface area (Å²) < 4.78 is 11.4. The number of aryl methyl sites for hydroxylation is 1. The highest BCUT2D eigenvalue weighted by atomic mass is 16.5. The average molecular weight is 349 g/mol. The average Bonchev–Trinajstić information content (AvgIpc) is 2.97. The first-order valence-electron chi connectivity index (χ1n) is 8.57. The second-order valence-electron chi connectivity index (χ2n) is 7.40. The van der Waals surface area contributed by atoms with Gasteiger partial charge < -0.3 is 19.9 Å². The van der Waals surface area contributed by atoms with E-state index in [0.717, 1.165) is 23.3 Å². The van der Waals surface area contributed by atoms with Gasteiger partial charge in [0.15, 0.2) is 0 Å². The van der Waals surface area contributed by atoms with E-state index >= 15 is 0 Å². The Kier molecular flexibility index (Phi) is 6.42. The van der Waals surface area contributed by atoms with E-state index < -0.39 is 11.4 Å². The van der Waals surface area contributed by atoms with Gasteiger partial charge in [0, 0.05) is 24.9 Å². The van der Waals surface area contributed by atoms with Gasteiger partial charge in [0.05, 0.1) is 19.6 Å². The van der Waals surface area contributed by atoms with E-state index in [-0.39, 0.29) is 24.9 Å². The molecule has 1 aromatic carbocycles. The summed E-state index contributed by atoms with van der Waals surface area (Å²) in [4.78, 5) is 23.0. The predicted molar refractivity (Wildman–Crippen MR) is 93.5 cm³/mol. The lowest BCUT2D eigenvalue weighted by molar-refractivity contribution is -0.139. The molecule has 1 saturated heterocycles. The van der Waals surface area contributed by atoms with Gasteiger partial charge in [-0.3, -0.25) is 9.59 Å². The van der Waals surface area contributed by atoms with Crippen molar-refractivity contribution < 1.29 is 24.2 Å². The highest BCUT2D eigenvalue weighted by Gasteiger charge is 2.25. The molecule has 0 spiro atoms. The van der Waals surface area contributed by atoms with Crippen LogP contribution in [0.2, 0.25) is 0 Å². The summed E-state index contributed by atoms with van der Waals surface area (Å²) in [6.45, 7) is 7.20. The number of rotatable bonds is 8. The van der Waals surface area contributed by atoms with Crippen LogP contribution in [0.25, 0.3) is 0 Å². The number of carbonyl (C=O) groups is 2. The van der Waals surface area contributed by atoms with Crippen LogP contribution in [0.1, 0.15) is 44.2 Å². The van der Waals surface area contributed by atoms with Gasteiger partial charge in [0.2, 0.25) is 5.91 Å². The largest absolute Gasteiger partial charge is 0.488 e. The van der Waals surface area contributed by atoms with Crippen LogP contribution in [-0.4, -0.2) is 36.3 Å². The number of hydrogen-bond donors (Lipinski definition) is 2. The van der Waals surface area contributed by atoms with Gasteiger partial charge in [0.25, 0.3) is 0 Å². The van der Waals surface area contributed by atoms with Crippen molar-refractivity contribution in [1.29, 1.82) is 0 Å². The van der Waals surface area contributed by atoms with Crippen LogP contribution in [0, 0.1) is 12.3 Å². The molecule has 1 fully saturated rings. The summed E-state index contributed by atoms with van der Waals surface area (Å²) in [6.07, 6.45) is 1.04. The SMILES string of the molecule is Cc1ccc(CNC(=O)CC(C)(C)CC(=O)O)c(O[C@@H]2CCOC2)c1. The van der Waals surface area contributed by atoms with Crippen LogP contribution >= 0.6 is 0 Å². The zero-order chi connectivity index (χ0) is 18.4. The molecule has 138 valence electrons. The molecule has 1 atom stereocenters. The van der Waals surface area contributed by atoms with E-state index in [0.29, 0.717) is 19.8 Å². The van der Waals surface area contributed by atoms with Crippen molar-refractivity contribution >= 4 is 11.9 Å². The Morgan fingerprint density at radius 3 is 2.76 bits per heavy atom. The maximum Gasteiger partial charge on any atom is 0.303 e. The Morgan fingerprint density at radius 2 is 2.12 bits per heavy atom. The second kappa shape index (κ2) is 8.34. The first-order valence-corrected chi connectivity index (χ1v) is 8.57. The van der Waals surface area contributed by atoms with E-state index in [9.17, 15) is 9.59 Å². The zero-order valence-corrected chi connectivity index (χ0v) is 15.1. The van der Waals surface area contributed by atoms with E-state index in [1.165, 1.54) is 0 Å². The fourth-order valence-corrected chi connectivity index (χ4v) is 2.87. The van der Waals surface area contributed by atoms with Crippen molar-refractivity contribution in [3.05, 3.63) is 29.3 Å². The minimum absolute atomic E-state index is 0.0407. The first kappa shape index (κ1) is 19.2. The Morgan fingerprint density at radius 1 is 1.36 bits per heavy atom. The highest BCUT2D eigenvalue weighted by molar-refractivity contribution is 5.78. The fourth-order valence-electron chi connectivity index (χ4n) is 2.87. The lowest BCUT2D eigenvalue weighted by Gasteiger charge is -2.22. The van der Waals surface area contributed by atoms with E-state index in [4.69, 9.17) is 14.6 Å². The summed E-state index contributed by atoms with van der Waals surface area (Å²) in [6, 6.07) is 5.89. The molecule has 0 aliphatic carbocycles. The summed E-state index contributed by atoms with van der Waals surface area (Å²) in [5, 5.41) is 11.8. The molecule has 2 N–H and O–H groups in total. The van der Waals surface area contributed by atoms with Crippen LogP contribution in [0.3, 0.4) is 0 Å². The molecular formula is C19H27NO5. The third-order valence-electron chi connectivity index (χ3n) is 4.15. The van der Waals surface area contributed by atoms with E-state index in [1.807, 2.05) is 25.1 Å². The Labute approximate surface area is 148 Å². The third kappa shape index (κ3) is 6.38. The van der Waals surface area contributed by atoms with E-state index in [2.05, 4.69) is 5.32 Å². The maximum atomic E-state index is 12.2. The lowest BCUT2D eigenvalue weighted by atomic mass is 9.85. The van der Waals surface area contributed by atoms with Crippen LogP contribution in [0.4, 0.5) is 0 Å². The summed E-state index contributed by atoms with van der Waals surface area (Å²) in [5.41, 5.74) is 1.41. The Hall–Kier alpha value is -2.08. The zero-order valence-electron chi connectivity index (χ0n) is 15.1. The molecule has 0 aromatic heterocycles. The number of nitrogens with one attached hydrogen (secondary N) is 1. The molecule has 0 radical (unpaired) electrons. The van der Waals surface area contributed by atoms with Gasteiger partial charge in [-0.2, -0.15) is 0 Å². The molecule has 0 unspecified atom stereocenters. The molecule has 6 heteroatoms. The molecule has 6 nitrogen and oxygen atoms in total. The third-order valence-corrected chi connectivity index (χ3v) is 4.15. The van der Waals surface area contributed by atoms with Crippen molar-refractivity contribution in [3.63, 3.8) is 0 Å². The summed E-state index contributed by atoms with van der Waals surface area (Å²) >= 11 is 0. The fraction of sp³-hybridized carbons (Fsp3) is 0.579. The summed E-state index contributed by atoms with van der Waals surface area (Å²) in [5.74, 6) is -0.298. The summed E-state index contributed by atoms with van der Waals surface area (Å²) in [7, 11) is 0. The first-order chi connectivity index (χ1) is 11.7. The van der Waals surface area contributed by atoms with Crippen LogP contribution < -0.4 is 10.1 Å². The number of hydrogen-bond acceptors (Lipinski definition) is 4. The van der Waals surface area contributed by atoms with Gasteiger partial charge in [-0.25, -0.2) is 0 Å². The molecule has 1 heterocycles. The molecular weight excluding hydrogens is 322 g/mol. The molecule has 0 saturated carbocycles. The number of carbonyl (C=O) groups excluding carboxylic acids is 1. The predicted octanol–water partition coefficient (Wildman–Crippen LogP) is 2.67. The van der Waals surface area contributed by atoms with Gasteiger partial charge in [-0.15, -0.1) is 0 Å². The van der Waals surface area contributed by atoms with Crippen LogP contribution in [-0.2, 0) is 20.9 Å². The minimum atomic E-state index is -0.897. The maximum absolute atomic E-state index is 12.2. The number of aliphatic carboxylic acids is 1. The topological polar surface area (TPSA) is 84.9 Å². The number of amides is 1. The van der Waals surface area contributed by atoms with Gasteiger partial charge in [0.1, 0.15) is 11.9 Å². The van der Waals surface area contributed by atoms with Crippen molar-refractivity contribution in [2.75, 3.05) is 13.2 Å². The van der Waals surface area contributed by atoms with Crippen molar-refractivity contribution in [2.24, 2.45) is 5.41 Å². The lowest BCUT2D eigenvalue weighted by Crippen LogP contribution is -2.30. The monoisotopic (exact) mass is 349 g/mol. The Bertz CT molecular complexity index is 620. The second-order valence-corrected chi connectivity index (χ2v) is 7.40. The van der Waals surface area contributed by atoms with Crippen molar-refractivity contribution in [1.82, 2.24) is 5.32 Å². The molecule has 1 amide bonds. The number of carboxylic acid groups (broad SMARTS) is 1.